The van der Waals surface area contributed by atoms with Gasteiger partial charge >= 0.3 is 6.03 Å². The van der Waals surface area contributed by atoms with Crippen LogP contribution in [0.2, 0.25) is 0 Å². The van der Waals surface area contributed by atoms with Gasteiger partial charge in [-0.05, 0) is 81.1 Å². The Balaban J connectivity index is 1.57. The van der Waals surface area contributed by atoms with Gasteiger partial charge in [-0.25, -0.2) is 4.79 Å². The molecule has 0 fully saturated rings. The first kappa shape index (κ1) is 37.2. The van der Waals surface area contributed by atoms with Gasteiger partial charge in [0.2, 0.25) is 5.91 Å². The molecule has 0 aliphatic carbocycles. The number of amides is 4. The molecule has 0 unspecified atom stereocenters. The number of benzene rings is 3. The van der Waals surface area contributed by atoms with Crippen LogP contribution in [0.3, 0.4) is 0 Å². The molecule has 4 atom stereocenters. The van der Waals surface area contributed by atoms with Crippen molar-refractivity contribution in [2.24, 2.45) is 5.92 Å². The molecule has 4 amide bonds. The Labute approximate surface area is 289 Å². The van der Waals surface area contributed by atoms with E-state index in [1.807, 2.05) is 44.2 Å². The van der Waals surface area contributed by atoms with Crippen molar-refractivity contribution >= 4 is 29.2 Å². The summed E-state index contributed by atoms with van der Waals surface area (Å²) in [7, 11) is 3.35. The number of aliphatic hydroxyl groups excluding tert-OH is 1. The van der Waals surface area contributed by atoms with E-state index in [0.717, 1.165) is 24.8 Å². The van der Waals surface area contributed by atoms with Gasteiger partial charge in [-0.2, -0.15) is 0 Å². The summed E-state index contributed by atoms with van der Waals surface area (Å²) in [4.78, 5) is 43.7. The van der Waals surface area contributed by atoms with Crippen molar-refractivity contribution in [2.45, 2.75) is 64.7 Å². The third-order valence-electron chi connectivity index (χ3n) is 8.74. The molecule has 0 radical (unpaired) electrons. The lowest BCUT2D eigenvalue weighted by Crippen LogP contribution is -2.48. The van der Waals surface area contributed by atoms with Gasteiger partial charge in [0.05, 0.1) is 44.0 Å². The van der Waals surface area contributed by atoms with Crippen LogP contribution >= 0.6 is 0 Å². The second-order valence-electron chi connectivity index (χ2n) is 12.8. The summed E-state index contributed by atoms with van der Waals surface area (Å²) in [6.07, 6.45) is 2.16. The van der Waals surface area contributed by atoms with Gasteiger partial charge in [-0.15, -0.1) is 0 Å². The van der Waals surface area contributed by atoms with Crippen molar-refractivity contribution in [3.8, 4) is 11.5 Å². The highest BCUT2D eigenvalue weighted by Crippen LogP contribution is 2.29. The monoisotopic (exact) mass is 674 g/mol. The molecule has 1 aliphatic heterocycles. The summed E-state index contributed by atoms with van der Waals surface area (Å²) >= 11 is 0. The summed E-state index contributed by atoms with van der Waals surface area (Å²) in [5, 5.41) is 15.8. The molecular formula is C38H50N4O7. The fraction of sp³-hybridized carbons (Fsp3) is 0.447. The van der Waals surface area contributed by atoms with E-state index in [-0.39, 0.29) is 55.1 Å². The zero-order chi connectivity index (χ0) is 35.3. The van der Waals surface area contributed by atoms with Crippen LogP contribution in [0, 0.1) is 5.92 Å². The maximum Gasteiger partial charge on any atom is 0.323 e. The lowest BCUT2D eigenvalue weighted by atomic mass is 10.0. The number of hydrogen-bond acceptors (Lipinski definition) is 7. The van der Waals surface area contributed by atoms with Gasteiger partial charge in [-0.1, -0.05) is 37.3 Å². The Morgan fingerprint density at radius 1 is 1.02 bits per heavy atom. The van der Waals surface area contributed by atoms with E-state index in [1.54, 1.807) is 73.3 Å². The molecule has 3 aromatic rings. The quantitative estimate of drug-likeness (QED) is 0.260. The van der Waals surface area contributed by atoms with E-state index in [4.69, 9.17) is 14.2 Å². The van der Waals surface area contributed by atoms with E-state index in [1.165, 1.54) is 0 Å². The molecule has 3 aromatic carbocycles. The van der Waals surface area contributed by atoms with Crippen LogP contribution in [0.5, 0.6) is 11.5 Å². The number of methoxy groups -OCH3 is 1. The van der Waals surface area contributed by atoms with Crippen molar-refractivity contribution in [2.75, 3.05) is 51.1 Å². The first-order chi connectivity index (χ1) is 23.6. The van der Waals surface area contributed by atoms with Gasteiger partial charge in [0, 0.05) is 44.0 Å². The standard InChI is InChI=1S/C38H50N4O7/c1-26-23-42(27(2)25-43)37(45)33-22-31(40-38(46)39-30-14-17-32(47-5)18-15-30)16-19-34(33)49-28(3)11-9-10-20-48-35(26)24-41(4)36(44)21-29-12-7-6-8-13-29/h6-8,12-19,22,26-28,35,43H,9-11,20-21,23-25H2,1-5H3,(H2,39,40,46)/t26-,27+,28+,35+/m1/s1. The third-order valence-corrected chi connectivity index (χ3v) is 8.74. The van der Waals surface area contributed by atoms with E-state index >= 15 is 0 Å². The highest BCUT2D eigenvalue weighted by Gasteiger charge is 2.31. The summed E-state index contributed by atoms with van der Waals surface area (Å²) in [6.45, 7) is 6.61. The molecule has 1 heterocycles. The lowest BCUT2D eigenvalue weighted by Gasteiger charge is -2.36. The van der Waals surface area contributed by atoms with E-state index in [0.29, 0.717) is 36.0 Å². The predicted octanol–water partition coefficient (Wildman–Crippen LogP) is 5.84. The van der Waals surface area contributed by atoms with Crippen LogP contribution in [0.4, 0.5) is 16.2 Å². The largest absolute Gasteiger partial charge is 0.497 e. The van der Waals surface area contributed by atoms with E-state index in [9.17, 15) is 19.5 Å². The Kier molecular flexibility index (Phi) is 13.8. The predicted molar refractivity (Wildman–Crippen MR) is 190 cm³/mol. The number of rotatable bonds is 9. The van der Waals surface area contributed by atoms with Gasteiger partial charge in [0.15, 0.2) is 0 Å². The van der Waals surface area contributed by atoms with Crippen molar-refractivity contribution in [1.82, 2.24) is 9.80 Å². The van der Waals surface area contributed by atoms with Gasteiger partial charge in [0.1, 0.15) is 11.5 Å². The highest BCUT2D eigenvalue weighted by atomic mass is 16.5. The number of urea groups is 1. The second kappa shape index (κ2) is 18.2. The van der Waals surface area contributed by atoms with Crippen LogP contribution in [-0.4, -0.2) is 91.5 Å². The SMILES string of the molecule is COc1ccc(NC(=O)Nc2ccc3c(c2)C(=O)N([C@@H](C)CO)C[C@@H](C)[C@H](CN(C)C(=O)Cc2ccccc2)OCCCC[C@H](C)O3)cc1. The molecule has 0 aromatic heterocycles. The van der Waals surface area contributed by atoms with E-state index < -0.39 is 12.1 Å². The Bertz CT molecular complexity index is 1520. The van der Waals surface area contributed by atoms with Gasteiger partial charge in [-0.3, -0.25) is 9.59 Å². The normalized spacial score (nSPS) is 19.4. The summed E-state index contributed by atoms with van der Waals surface area (Å²) in [6, 6.07) is 20.6. The van der Waals surface area contributed by atoms with Crippen molar-refractivity contribution in [3.05, 3.63) is 83.9 Å². The van der Waals surface area contributed by atoms with Crippen LogP contribution in [0.15, 0.2) is 72.8 Å². The van der Waals surface area contributed by atoms with Crippen molar-refractivity contribution in [1.29, 1.82) is 0 Å². The molecule has 3 N–H and O–H groups in total. The van der Waals surface area contributed by atoms with Crippen LogP contribution in [-0.2, 0) is 16.0 Å². The summed E-state index contributed by atoms with van der Waals surface area (Å²) in [5.74, 6) is 0.515. The smallest absolute Gasteiger partial charge is 0.323 e. The molecule has 49 heavy (non-hydrogen) atoms. The molecular weight excluding hydrogens is 624 g/mol. The number of carbonyl (C=O) groups is 3. The number of ether oxygens (including phenoxy) is 3. The molecule has 0 bridgehead atoms. The van der Waals surface area contributed by atoms with Gasteiger partial charge in [0.25, 0.3) is 5.91 Å². The molecule has 11 nitrogen and oxygen atoms in total. The van der Waals surface area contributed by atoms with Crippen LogP contribution in [0.1, 0.15) is 56.0 Å². The molecule has 1 aliphatic rings. The van der Waals surface area contributed by atoms with Crippen molar-refractivity contribution in [3.63, 3.8) is 0 Å². The topological polar surface area (TPSA) is 130 Å². The van der Waals surface area contributed by atoms with Crippen molar-refractivity contribution < 1.29 is 33.7 Å². The molecule has 0 spiro atoms. The number of carbonyl (C=O) groups excluding carboxylic acids is 3. The molecule has 264 valence electrons. The van der Waals surface area contributed by atoms with E-state index in [2.05, 4.69) is 10.6 Å². The number of likely N-dealkylation sites (N-methyl/N-ethyl adjacent to an activating group) is 1. The number of fused-ring (bicyclic) bond motifs is 1. The fourth-order valence-electron chi connectivity index (χ4n) is 5.71. The summed E-state index contributed by atoms with van der Waals surface area (Å²) in [5.41, 5.74) is 2.19. The number of nitrogens with one attached hydrogen (secondary N) is 2. The minimum Gasteiger partial charge on any atom is -0.497 e. The Hall–Kier alpha value is -4.61. The maximum absolute atomic E-state index is 14.4. The third kappa shape index (κ3) is 11.0. The second-order valence-corrected chi connectivity index (χ2v) is 12.8. The zero-order valence-corrected chi connectivity index (χ0v) is 29.2. The number of aliphatic hydroxyl groups is 1. The molecule has 4 rings (SSSR count). The highest BCUT2D eigenvalue weighted by molar-refractivity contribution is 6.02. The maximum atomic E-state index is 14.4. The fourth-order valence-corrected chi connectivity index (χ4v) is 5.71. The minimum absolute atomic E-state index is 0.0194. The minimum atomic E-state index is -0.527. The zero-order valence-electron chi connectivity index (χ0n) is 29.2. The number of hydrogen-bond donors (Lipinski definition) is 3. The molecule has 0 saturated carbocycles. The molecule has 11 heteroatoms. The average Bonchev–Trinajstić information content (AvgIpc) is 3.10. The van der Waals surface area contributed by atoms with Crippen LogP contribution in [0.25, 0.3) is 0 Å². The van der Waals surface area contributed by atoms with Gasteiger partial charge < -0.3 is 39.8 Å². The first-order valence-corrected chi connectivity index (χ1v) is 16.9. The van der Waals surface area contributed by atoms with Crippen LogP contribution < -0.4 is 20.1 Å². The number of nitrogens with zero attached hydrogens (tertiary/aromatic N) is 2. The first-order valence-electron chi connectivity index (χ1n) is 16.9. The lowest BCUT2D eigenvalue weighted by molar-refractivity contribution is -0.131. The number of anilines is 2. The average molecular weight is 675 g/mol. The Morgan fingerprint density at radius 2 is 1.71 bits per heavy atom. The Morgan fingerprint density at radius 3 is 2.41 bits per heavy atom. The summed E-state index contributed by atoms with van der Waals surface area (Å²) < 4.78 is 17.9. The molecule has 0 saturated heterocycles.